The summed E-state index contributed by atoms with van der Waals surface area (Å²) in [5, 5.41) is 1.28. The van der Waals surface area contributed by atoms with Crippen molar-refractivity contribution in [1.29, 1.82) is 0 Å². The van der Waals surface area contributed by atoms with Crippen LogP contribution in [0.4, 0.5) is 5.69 Å². The van der Waals surface area contributed by atoms with Crippen LogP contribution < -0.4 is 9.92 Å². The molecule has 0 unspecified atom stereocenters. The molecule has 0 spiro atoms. The molecular weight excluding hydrogens is 330 g/mol. The normalized spacial score (nSPS) is 16.4. The van der Waals surface area contributed by atoms with Crippen molar-refractivity contribution in [1.82, 2.24) is 9.88 Å². The molecule has 2 heterocycles. The summed E-state index contributed by atoms with van der Waals surface area (Å²) in [6.07, 6.45) is 4.61. The maximum absolute atomic E-state index is 5.92. The van der Waals surface area contributed by atoms with Crippen LogP contribution >= 0.6 is 12.0 Å². The van der Waals surface area contributed by atoms with Crippen LogP contribution in [0, 0.1) is 0 Å². The molecule has 4 nitrogen and oxygen atoms in total. The summed E-state index contributed by atoms with van der Waals surface area (Å²) in [4.78, 5) is 6.86. The molecule has 0 aliphatic carbocycles. The van der Waals surface area contributed by atoms with Gasteiger partial charge in [0.15, 0.2) is 0 Å². The molecule has 0 saturated carbocycles. The largest absolute Gasteiger partial charge is 0.421 e. The van der Waals surface area contributed by atoms with Crippen molar-refractivity contribution in [2.45, 2.75) is 23.7 Å². The van der Waals surface area contributed by atoms with E-state index in [0.29, 0.717) is 5.92 Å². The van der Waals surface area contributed by atoms with Crippen molar-refractivity contribution in [2.24, 2.45) is 0 Å². The number of nitrogens with zero attached hydrogens (tertiary/aromatic N) is 1. The van der Waals surface area contributed by atoms with Crippen LogP contribution in [0.25, 0.3) is 10.9 Å². The zero-order valence-corrected chi connectivity index (χ0v) is 15.2. The molecule has 130 valence electrons. The number of likely N-dealkylation sites (tertiary alicyclic amines) is 1. The maximum atomic E-state index is 5.92. The van der Waals surface area contributed by atoms with Gasteiger partial charge in [0.05, 0.1) is 12.0 Å². The predicted octanol–water partition coefficient (Wildman–Crippen LogP) is 4.65. The fourth-order valence-corrected chi connectivity index (χ4v) is 3.99. The number of fused-ring (bicyclic) bond motifs is 1. The molecule has 1 aliphatic heterocycles. The molecule has 1 aromatic heterocycles. The molecule has 0 atom stereocenters. The van der Waals surface area contributed by atoms with E-state index < -0.39 is 0 Å². The number of H-pyrrole nitrogens is 1. The molecule has 0 amide bonds. The van der Waals surface area contributed by atoms with E-state index in [9.17, 15) is 0 Å². The molecular formula is C20H23N3OS. The Bertz CT molecular complexity index is 851. The van der Waals surface area contributed by atoms with Crippen LogP contribution in [0.15, 0.2) is 53.6 Å². The lowest BCUT2D eigenvalue weighted by Crippen LogP contribution is -2.29. The van der Waals surface area contributed by atoms with Crippen LogP contribution in [0.2, 0.25) is 0 Å². The standard InChI is InChI=1S/C20H23N3OS/c1-23-10-8-14(9-11-23)19-13-22-20-7-4-16(12-18(19)20)24-25-17-5-2-15(21)3-6-17/h2-7,12-14,22H,8-11,21H2,1H3. The number of benzene rings is 2. The zero-order valence-electron chi connectivity index (χ0n) is 14.4. The van der Waals surface area contributed by atoms with Crippen molar-refractivity contribution >= 4 is 28.6 Å². The third-order valence-corrected chi connectivity index (χ3v) is 5.70. The van der Waals surface area contributed by atoms with Crippen molar-refractivity contribution in [2.75, 3.05) is 25.9 Å². The second kappa shape index (κ2) is 7.02. The molecule has 1 saturated heterocycles. The average Bonchev–Trinajstić information content (AvgIpc) is 3.05. The highest BCUT2D eigenvalue weighted by atomic mass is 32.2. The third-order valence-electron chi connectivity index (χ3n) is 4.96. The Morgan fingerprint density at radius 1 is 1.12 bits per heavy atom. The average molecular weight is 353 g/mol. The second-order valence-corrected chi connectivity index (χ2v) is 7.57. The Kier molecular flexibility index (Phi) is 4.59. The van der Waals surface area contributed by atoms with Crippen LogP contribution in [-0.2, 0) is 0 Å². The molecule has 3 N–H and O–H groups in total. The lowest BCUT2D eigenvalue weighted by atomic mass is 9.89. The minimum atomic E-state index is 0.630. The highest BCUT2D eigenvalue weighted by Crippen LogP contribution is 2.35. The minimum absolute atomic E-state index is 0.630. The van der Waals surface area contributed by atoms with Gasteiger partial charge in [-0.2, -0.15) is 0 Å². The number of nitrogens with two attached hydrogens (primary N) is 1. The van der Waals surface area contributed by atoms with Crippen LogP contribution in [0.5, 0.6) is 5.75 Å². The number of nitrogens with one attached hydrogen (secondary N) is 1. The highest BCUT2D eigenvalue weighted by molar-refractivity contribution is 7.95. The summed E-state index contributed by atoms with van der Waals surface area (Å²) >= 11 is 1.36. The monoisotopic (exact) mass is 353 g/mol. The van der Waals surface area contributed by atoms with E-state index in [0.717, 1.165) is 16.3 Å². The van der Waals surface area contributed by atoms with Crippen LogP contribution in [0.1, 0.15) is 24.3 Å². The summed E-state index contributed by atoms with van der Waals surface area (Å²) < 4.78 is 5.92. The topological polar surface area (TPSA) is 54.3 Å². The third kappa shape index (κ3) is 3.62. The highest BCUT2D eigenvalue weighted by Gasteiger charge is 2.21. The molecule has 0 radical (unpaired) electrons. The summed E-state index contributed by atoms with van der Waals surface area (Å²) in [7, 11) is 2.20. The molecule has 3 aromatic rings. The molecule has 1 aliphatic rings. The smallest absolute Gasteiger partial charge is 0.138 e. The zero-order chi connectivity index (χ0) is 17.2. The Balaban J connectivity index is 1.52. The van der Waals surface area contributed by atoms with Crippen molar-refractivity contribution in [3.8, 4) is 5.75 Å². The quantitative estimate of drug-likeness (QED) is 0.530. The van der Waals surface area contributed by atoms with E-state index in [1.807, 2.05) is 30.3 Å². The van der Waals surface area contributed by atoms with Crippen molar-refractivity contribution in [3.63, 3.8) is 0 Å². The molecule has 4 rings (SSSR count). The van der Waals surface area contributed by atoms with Gasteiger partial charge in [-0.05, 0) is 86.9 Å². The van der Waals surface area contributed by atoms with Gasteiger partial charge in [-0.15, -0.1) is 0 Å². The molecule has 1 fully saturated rings. The molecule has 2 aromatic carbocycles. The van der Waals surface area contributed by atoms with Crippen molar-refractivity contribution < 1.29 is 4.18 Å². The van der Waals surface area contributed by atoms with E-state index in [1.165, 1.54) is 54.4 Å². The Labute approximate surface area is 152 Å². The minimum Gasteiger partial charge on any atom is -0.421 e. The van der Waals surface area contributed by atoms with Crippen molar-refractivity contribution in [3.05, 3.63) is 54.2 Å². The van der Waals surface area contributed by atoms with Gasteiger partial charge < -0.3 is 19.8 Å². The SMILES string of the molecule is CN1CCC(c2c[nH]c3ccc(OSc4ccc(N)cc4)cc23)CC1. The number of hydrogen-bond acceptors (Lipinski definition) is 4. The number of anilines is 1. The van der Waals surface area contributed by atoms with Crippen LogP contribution in [0.3, 0.4) is 0 Å². The van der Waals surface area contributed by atoms with Gasteiger partial charge in [0.1, 0.15) is 5.75 Å². The lowest BCUT2D eigenvalue weighted by molar-refractivity contribution is 0.256. The van der Waals surface area contributed by atoms with Gasteiger partial charge >= 0.3 is 0 Å². The first-order valence-electron chi connectivity index (χ1n) is 8.69. The first-order chi connectivity index (χ1) is 12.2. The fraction of sp³-hybridized carbons (Fsp3) is 0.300. The van der Waals surface area contributed by atoms with Gasteiger partial charge in [-0.25, -0.2) is 0 Å². The molecule has 0 bridgehead atoms. The summed E-state index contributed by atoms with van der Waals surface area (Å²) in [6, 6.07) is 14.0. The first kappa shape index (κ1) is 16.4. The van der Waals surface area contributed by atoms with E-state index in [-0.39, 0.29) is 0 Å². The van der Waals surface area contributed by atoms with Gasteiger partial charge in [0.25, 0.3) is 0 Å². The number of rotatable bonds is 4. The van der Waals surface area contributed by atoms with E-state index >= 15 is 0 Å². The molecule has 5 heteroatoms. The van der Waals surface area contributed by atoms with Gasteiger partial charge in [0.2, 0.25) is 0 Å². The summed E-state index contributed by atoms with van der Waals surface area (Å²) in [5.41, 5.74) is 9.09. The number of hydrogen-bond donors (Lipinski definition) is 2. The number of aromatic nitrogens is 1. The van der Waals surface area contributed by atoms with Crippen LogP contribution in [-0.4, -0.2) is 30.0 Å². The lowest BCUT2D eigenvalue weighted by Gasteiger charge is -2.28. The Morgan fingerprint density at radius 3 is 2.64 bits per heavy atom. The Hall–Kier alpha value is -2.11. The van der Waals surface area contributed by atoms with E-state index in [1.54, 1.807) is 0 Å². The molecule has 25 heavy (non-hydrogen) atoms. The maximum Gasteiger partial charge on any atom is 0.138 e. The predicted molar refractivity (Wildman–Crippen MR) is 105 cm³/mol. The van der Waals surface area contributed by atoms with E-state index in [4.69, 9.17) is 9.92 Å². The number of aromatic amines is 1. The number of nitrogen functional groups attached to an aromatic ring is 1. The van der Waals surface area contributed by atoms with E-state index in [2.05, 4.69) is 35.3 Å². The second-order valence-electron chi connectivity index (χ2n) is 6.76. The summed E-state index contributed by atoms with van der Waals surface area (Å²) in [6.45, 7) is 2.33. The van der Waals surface area contributed by atoms with Gasteiger partial charge in [-0.1, -0.05) is 0 Å². The first-order valence-corrected chi connectivity index (χ1v) is 9.43. The fourth-order valence-electron chi connectivity index (χ4n) is 3.45. The van der Waals surface area contributed by atoms with Gasteiger partial charge in [-0.3, -0.25) is 0 Å². The Morgan fingerprint density at radius 2 is 1.88 bits per heavy atom. The van der Waals surface area contributed by atoms with Gasteiger partial charge in [0, 0.05) is 27.7 Å². The summed E-state index contributed by atoms with van der Waals surface area (Å²) in [5.74, 6) is 1.51. The number of piperidine rings is 1.